The maximum atomic E-state index is 13.4. The van der Waals surface area contributed by atoms with Crippen molar-refractivity contribution in [2.45, 2.75) is 32.7 Å². The first-order valence-electron chi connectivity index (χ1n) is 11.0. The van der Waals surface area contributed by atoms with Gasteiger partial charge in [0.05, 0.1) is 16.8 Å². The Kier molecular flexibility index (Phi) is 7.61. The van der Waals surface area contributed by atoms with E-state index in [0.29, 0.717) is 27.2 Å². The Bertz CT molecular complexity index is 1370. The number of aromatic nitrogens is 4. The molecule has 182 valence electrons. The Morgan fingerprint density at radius 3 is 2.83 bits per heavy atom. The Labute approximate surface area is 210 Å². The number of aliphatic carboxylic acids is 1. The fourth-order valence-corrected chi connectivity index (χ4v) is 4.91. The highest BCUT2D eigenvalue weighted by Gasteiger charge is 2.32. The van der Waals surface area contributed by atoms with Crippen molar-refractivity contribution < 1.29 is 14.7 Å². The molecule has 1 amide bonds. The molecule has 3 aromatic heterocycles. The van der Waals surface area contributed by atoms with Crippen LogP contribution < -0.4 is 10.9 Å². The van der Waals surface area contributed by atoms with Crippen LogP contribution in [-0.4, -0.2) is 58.2 Å². The topological polar surface area (TPSA) is 122 Å². The van der Waals surface area contributed by atoms with E-state index in [1.54, 1.807) is 24.8 Å². The Hall–Kier alpha value is -3.51. The maximum absolute atomic E-state index is 13.4. The van der Waals surface area contributed by atoms with E-state index in [0.717, 1.165) is 30.3 Å². The zero-order valence-electron chi connectivity index (χ0n) is 19.0. The molecule has 0 radical (unpaired) electrons. The standard InChI is InChI=1S/C23H24N6O4S2/c1-15-5-6-18-26-20(25-7-3-9-27-11-8-24-14-27)16(21(32)29(18)13-15)12-17-22(33)28(23(34)35-17)10-2-4-19(30)31/h5-6,8,11-14,25H,2-4,7,9-10H2,1H3,(H,30,31)/b17-12-. The van der Waals surface area contributed by atoms with Crippen LogP contribution in [0.2, 0.25) is 0 Å². The lowest BCUT2D eigenvalue weighted by Crippen LogP contribution is -2.29. The van der Waals surface area contributed by atoms with Gasteiger partial charge in [0, 0.05) is 44.6 Å². The third-order valence-electron chi connectivity index (χ3n) is 5.37. The Morgan fingerprint density at radius 2 is 2.09 bits per heavy atom. The summed E-state index contributed by atoms with van der Waals surface area (Å²) in [5, 5.41) is 12.1. The monoisotopic (exact) mass is 512 g/mol. The van der Waals surface area contributed by atoms with Crippen LogP contribution in [0.3, 0.4) is 0 Å². The second kappa shape index (κ2) is 10.8. The van der Waals surface area contributed by atoms with Crippen molar-refractivity contribution in [3.8, 4) is 0 Å². The molecule has 1 fully saturated rings. The molecule has 12 heteroatoms. The second-order valence-corrected chi connectivity index (χ2v) is 9.70. The molecular weight excluding hydrogens is 488 g/mol. The molecule has 35 heavy (non-hydrogen) atoms. The number of thioether (sulfide) groups is 1. The molecular formula is C23H24N6O4S2. The highest BCUT2D eigenvalue weighted by atomic mass is 32.2. The van der Waals surface area contributed by atoms with E-state index < -0.39 is 5.97 Å². The molecule has 0 atom stereocenters. The van der Waals surface area contributed by atoms with Crippen LogP contribution in [0, 0.1) is 6.92 Å². The zero-order valence-corrected chi connectivity index (χ0v) is 20.6. The van der Waals surface area contributed by atoms with Crippen molar-refractivity contribution in [1.29, 1.82) is 0 Å². The van der Waals surface area contributed by atoms with E-state index >= 15 is 0 Å². The summed E-state index contributed by atoms with van der Waals surface area (Å²) in [4.78, 5) is 47.6. The third-order valence-corrected chi connectivity index (χ3v) is 6.75. The number of carbonyl (C=O) groups excluding carboxylic acids is 1. The van der Waals surface area contributed by atoms with Gasteiger partial charge < -0.3 is 15.0 Å². The molecule has 0 bridgehead atoms. The molecule has 4 heterocycles. The predicted octanol–water partition coefficient (Wildman–Crippen LogP) is 2.77. The van der Waals surface area contributed by atoms with Crippen molar-refractivity contribution in [2.24, 2.45) is 0 Å². The number of amides is 1. The number of rotatable bonds is 10. The highest BCUT2D eigenvalue weighted by Crippen LogP contribution is 2.33. The summed E-state index contributed by atoms with van der Waals surface area (Å²) in [6.45, 7) is 3.41. The van der Waals surface area contributed by atoms with Crippen LogP contribution in [0.1, 0.15) is 30.4 Å². The van der Waals surface area contributed by atoms with Crippen molar-refractivity contribution >= 4 is 57.7 Å². The average Bonchev–Trinajstić information content (AvgIpc) is 3.43. The lowest BCUT2D eigenvalue weighted by molar-refractivity contribution is -0.137. The Balaban J connectivity index is 1.62. The van der Waals surface area contributed by atoms with Crippen LogP contribution in [0.4, 0.5) is 5.82 Å². The van der Waals surface area contributed by atoms with E-state index in [1.165, 1.54) is 15.4 Å². The summed E-state index contributed by atoms with van der Waals surface area (Å²) in [5.74, 6) is -0.883. The minimum Gasteiger partial charge on any atom is -0.481 e. The van der Waals surface area contributed by atoms with Gasteiger partial charge in [0.1, 0.15) is 15.8 Å². The molecule has 0 saturated carbocycles. The predicted molar refractivity (Wildman–Crippen MR) is 138 cm³/mol. The summed E-state index contributed by atoms with van der Waals surface area (Å²) in [7, 11) is 0. The molecule has 0 aromatic carbocycles. The van der Waals surface area contributed by atoms with E-state index in [-0.39, 0.29) is 36.4 Å². The van der Waals surface area contributed by atoms with Gasteiger partial charge in [-0.15, -0.1) is 0 Å². The average molecular weight is 513 g/mol. The molecule has 0 spiro atoms. The van der Waals surface area contributed by atoms with Gasteiger partial charge >= 0.3 is 5.97 Å². The molecule has 0 aliphatic carbocycles. The molecule has 0 unspecified atom stereocenters. The molecule has 4 rings (SSSR count). The number of anilines is 1. The maximum Gasteiger partial charge on any atom is 0.303 e. The number of imidazole rings is 1. The van der Waals surface area contributed by atoms with Gasteiger partial charge in [-0.1, -0.05) is 30.0 Å². The third kappa shape index (κ3) is 5.77. The number of fused-ring (bicyclic) bond motifs is 1. The normalized spacial score (nSPS) is 14.9. The van der Waals surface area contributed by atoms with Gasteiger partial charge in [-0.2, -0.15) is 0 Å². The number of thiocarbonyl (C=S) groups is 1. The van der Waals surface area contributed by atoms with E-state index in [9.17, 15) is 14.4 Å². The van der Waals surface area contributed by atoms with E-state index in [1.807, 2.05) is 23.8 Å². The number of hydrogen-bond donors (Lipinski definition) is 2. The lowest BCUT2D eigenvalue weighted by atomic mass is 10.2. The summed E-state index contributed by atoms with van der Waals surface area (Å²) in [6, 6.07) is 3.66. The first kappa shape index (κ1) is 24.6. The Morgan fingerprint density at radius 1 is 1.26 bits per heavy atom. The minimum absolute atomic E-state index is 0.0570. The van der Waals surface area contributed by atoms with Crippen LogP contribution >= 0.6 is 24.0 Å². The number of aryl methyl sites for hydroxylation is 2. The van der Waals surface area contributed by atoms with Crippen LogP contribution in [0.5, 0.6) is 0 Å². The smallest absolute Gasteiger partial charge is 0.303 e. The summed E-state index contributed by atoms with van der Waals surface area (Å²) >= 11 is 6.43. The number of carboxylic acid groups (broad SMARTS) is 1. The molecule has 1 aliphatic rings. The van der Waals surface area contributed by atoms with Gasteiger partial charge in [0.15, 0.2) is 0 Å². The first-order valence-corrected chi connectivity index (χ1v) is 12.3. The van der Waals surface area contributed by atoms with Gasteiger partial charge in [-0.05, 0) is 37.5 Å². The number of nitrogens with one attached hydrogen (secondary N) is 1. The van der Waals surface area contributed by atoms with Crippen LogP contribution in [0.15, 0.2) is 46.8 Å². The van der Waals surface area contributed by atoms with Crippen LogP contribution in [0.25, 0.3) is 11.7 Å². The first-order chi connectivity index (χ1) is 16.8. The molecule has 2 N–H and O–H groups in total. The molecule has 1 aliphatic heterocycles. The van der Waals surface area contributed by atoms with E-state index in [2.05, 4.69) is 15.3 Å². The molecule has 1 saturated heterocycles. The number of carbonyl (C=O) groups is 2. The van der Waals surface area contributed by atoms with Crippen molar-refractivity contribution in [1.82, 2.24) is 23.8 Å². The van der Waals surface area contributed by atoms with Crippen molar-refractivity contribution in [3.63, 3.8) is 0 Å². The molecule has 10 nitrogen and oxygen atoms in total. The zero-order chi connectivity index (χ0) is 24.9. The van der Waals surface area contributed by atoms with Gasteiger partial charge in [0.25, 0.3) is 11.5 Å². The second-order valence-electron chi connectivity index (χ2n) is 8.03. The fourth-order valence-electron chi connectivity index (χ4n) is 3.62. The number of pyridine rings is 1. The fraction of sp³-hybridized carbons (Fsp3) is 0.304. The quantitative estimate of drug-likeness (QED) is 0.240. The lowest BCUT2D eigenvalue weighted by Gasteiger charge is -2.13. The number of hydrogen-bond acceptors (Lipinski definition) is 8. The SMILES string of the molecule is Cc1ccc2nc(NCCCn3ccnc3)c(/C=C3\SC(=S)N(CCCC(=O)O)C3=O)c(=O)n2c1. The summed E-state index contributed by atoms with van der Waals surface area (Å²) < 4.78 is 3.76. The van der Waals surface area contributed by atoms with Crippen LogP contribution in [-0.2, 0) is 16.1 Å². The van der Waals surface area contributed by atoms with Gasteiger partial charge in [-0.3, -0.25) is 23.7 Å². The minimum atomic E-state index is -0.930. The largest absolute Gasteiger partial charge is 0.481 e. The molecule has 3 aromatic rings. The van der Waals surface area contributed by atoms with E-state index in [4.69, 9.17) is 17.3 Å². The van der Waals surface area contributed by atoms with Gasteiger partial charge in [0.2, 0.25) is 0 Å². The summed E-state index contributed by atoms with van der Waals surface area (Å²) in [6.07, 6.45) is 9.59. The van der Waals surface area contributed by atoms with Crippen molar-refractivity contribution in [3.05, 3.63) is 63.4 Å². The van der Waals surface area contributed by atoms with Gasteiger partial charge in [-0.25, -0.2) is 9.97 Å². The summed E-state index contributed by atoms with van der Waals surface area (Å²) in [5.41, 5.74) is 1.36. The number of nitrogens with zero attached hydrogens (tertiary/aromatic N) is 5. The highest BCUT2D eigenvalue weighted by molar-refractivity contribution is 8.26. The number of carboxylic acids is 1. The van der Waals surface area contributed by atoms with Crippen molar-refractivity contribution in [2.75, 3.05) is 18.4 Å².